The molecule has 0 amide bonds. The van der Waals surface area contributed by atoms with Crippen molar-refractivity contribution in [2.75, 3.05) is 0 Å². The van der Waals surface area contributed by atoms with E-state index in [1.54, 1.807) is 0 Å². The maximum Gasteiger partial charge on any atom is 0.126 e. The van der Waals surface area contributed by atoms with Gasteiger partial charge in [-0.3, -0.25) is 0 Å². The SMILES string of the molecule is C=C[C@@]1(C)CC[C@H]2[C@](O)(CCC3[C@]2(C)CCC[C@@]3(C)C=O)C1. The van der Waals surface area contributed by atoms with Crippen LogP contribution in [0.25, 0.3) is 0 Å². The fraction of sp³-hybridized carbons (Fsp3) is 0.850. The van der Waals surface area contributed by atoms with Crippen molar-refractivity contribution in [1.82, 2.24) is 0 Å². The molecule has 124 valence electrons. The molecule has 0 aromatic rings. The normalized spacial score (nSPS) is 54.9. The largest absolute Gasteiger partial charge is 0.390 e. The van der Waals surface area contributed by atoms with Gasteiger partial charge >= 0.3 is 0 Å². The first-order valence-electron chi connectivity index (χ1n) is 9.04. The highest BCUT2D eigenvalue weighted by Gasteiger charge is 2.62. The highest BCUT2D eigenvalue weighted by atomic mass is 16.3. The number of hydrogen-bond donors (Lipinski definition) is 1. The third-order valence-corrected chi connectivity index (χ3v) is 7.81. The van der Waals surface area contributed by atoms with Crippen LogP contribution >= 0.6 is 0 Å². The van der Waals surface area contributed by atoms with Crippen LogP contribution in [0.15, 0.2) is 12.7 Å². The Balaban J connectivity index is 1.96. The zero-order valence-corrected chi connectivity index (χ0v) is 14.5. The molecule has 3 rings (SSSR count). The Kier molecular flexibility index (Phi) is 3.64. The van der Waals surface area contributed by atoms with E-state index in [1.165, 1.54) is 12.7 Å². The molecule has 0 heterocycles. The first kappa shape index (κ1) is 16.2. The van der Waals surface area contributed by atoms with E-state index in [4.69, 9.17) is 0 Å². The summed E-state index contributed by atoms with van der Waals surface area (Å²) >= 11 is 0. The van der Waals surface area contributed by atoms with Gasteiger partial charge in [0.1, 0.15) is 6.29 Å². The summed E-state index contributed by atoms with van der Waals surface area (Å²) in [4.78, 5) is 11.8. The molecule has 6 atom stereocenters. The number of carbonyl (C=O) groups excluding carboxylic acids is 1. The highest BCUT2D eigenvalue weighted by Crippen LogP contribution is 2.66. The predicted molar refractivity (Wildman–Crippen MR) is 89.4 cm³/mol. The molecule has 3 aliphatic rings. The molecule has 2 heteroatoms. The molecule has 0 aliphatic heterocycles. The Hall–Kier alpha value is -0.630. The zero-order valence-electron chi connectivity index (χ0n) is 14.5. The number of carbonyl (C=O) groups is 1. The van der Waals surface area contributed by atoms with E-state index in [2.05, 4.69) is 27.4 Å². The van der Waals surface area contributed by atoms with Gasteiger partial charge in [-0.05, 0) is 67.6 Å². The second kappa shape index (κ2) is 4.93. The third kappa shape index (κ3) is 2.13. The van der Waals surface area contributed by atoms with Crippen molar-refractivity contribution in [2.45, 2.75) is 77.7 Å². The average Bonchev–Trinajstić information content (AvgIpc) is 2.46. The molecule has 3 saturated carbocycles. The second-order valence-electron chi connectivity index (χ2n) is 9.30. The Morgan fingerprint density at radius 1 is 1.05 bits per heavy atom. The summed E-state index contributed by atoms with van der Waals surface area (Å²) in [6.45, 7) is 10.8. The average molecular weight is 304 g/mol. The number of fused-ring (bicyclic) bond motifs is 3. The monoisotopic (exact) mass is 304 g/mol. The molecule has 0 radical (unpaired) electrons. The number of rotatable bonds is 2. The summed E-state index contributed by atoms with van der Waals surface area (Å²) in [6, 6.07) is 0. The van der Waals surface area contributed by atoms with Crippen LogP contribution in [-0.2, 0) is 4.79 Å². The molecule has 2 nitrogen and oxygen atoms in total. The van der Waals surface area contributed by atoms with Crippen LogP contribution in [0.2, 0.25) is 0 Å². The van der Waals surface area contributed by atoms with Crippen molar-refractivity contribution in [3.8, 4) is 0 Å². The molecule has 3 fully saturated rings. The minimum absolute atomic E-state index is 0.0665. The molecule has 1 N–H and O–H groups in total. The van der Waals surface area contributed by atoms with Gasteiger partial charge in [-0.2, -0.15) is 0 Å². The molecule has 1 unspecified atom stereocenters. The summed E-state index contributed by atoms with van der Waals surface area (Å²) < 4.78 is 0. The van der Waals surface area contributed by atoms with Gasteiger partial charge < -0.3 is 9.90 Å². The number of aliphatic hydroxyl groups is 1. The van der Waals surface area contributed by atoms with E-state index in [1.807, 2.05) is 6.08 Å². The van der Waals surface area contributed by atoms with Crippen LogP contribution in [0.3, 0.4) is 0 Å². The van der Waals surface area contributed by atoms with Gasteiger partial charge in [0.15, 0.2) is 0 Å². The van der Waals surface area contributed by atoms with Gasteiger partial charge in [0, 0.05) is 5.41 Å². The minimum atomic E-state index is -0.562. The van der Waals surface area contributed by atoms with Crippen LogP contribution < -0.4 is 0 Å². The van der Waals surface area contributed by atoms with E-state index in [9.17, 15) is 9.90 Å². The topological polar surface area (TPSA) is 37.3 Å². The van der Waals surface area contributed by atoms with Gasteiger partial charge in [-0.15, -0.1) is 6.58 Å². The van der Waals surface area contributed by atoms with Crippen LogP contribution in [-0.4, -0.2) is 17.0 Å². The Morgan fingerprint density at radius 2 is 1.73 bits per heavy atom. The lowest BCUT2D eigenvalue weighted by atomic mass is 9.42. The van der Waals surface area contributed by atoms with Crippen LogP contribution in [0.1, 0.15) is 72.1 Å². The minimum Gasteiger partial charge on any atom is -0.390 e. The molecule has 0 aromatic heterocycles. The molecular weight excluding hydrogens is 272 g/mol. The zero-order chi connectivity index (χ0) is 16.2. The molecule has 22 heavy (non-hydrogen) atoms. The Labute approximate surface area is 135 Å². The van der Waals surface area contributed by atoms with E-state index in [-0.39, 0.29) is 16.2 Å². The fourth-order valence-corrected chi connectivity index (χ4v) is 6.60. The van der Waals surface area contributed by atoms with Gasteiger partial charge in [0.25, 0.3) is 0 Å². The van der Waals surface area contributed by atoms with Gasteiger partial charge in [0.05, 0.1) is 5.60 Å². The van der Waals surface area contributed by atoms with Gasteiger partial charge in [-0.1, -0.05) is 33.3 Å². The Bertz CT molecular complexity index is 486. The second-order valence-corrected chi connectivity index (χ2v) is 9.30. The Morgan fingerprint density at radius 3 is 2.36 bits per heavy atom. The van der Waals surface area contributed by atoms with Crippen molar-refractivity contribution in [3.63, 3.8) is 0 Å². The standard InChI is InChI=1S/C20H32O2/c1-5-17(2)11-7-16-19(4)10-6-9-18(3,14-21)15(19)8-12-20(16,22)13-17/h5,14-16,22H,1,6-13H2,2-4H3/t15?,16-,17+,18+,19+,20+/m1/s1. The van der Waals surface area contributed by atoms with E-state index < -0.39 is 5.60 Å². The highest BCUT2D eigenvalue weighted by molar-refractivity contribution is 5.60. The lowest BCUT2D eigenvalue weighted by Crippen LogP contribution is -2.62. The lowest BCUT2D eigenvalue weighted by Gasteiger charge is -2.64. The first-order chi connectivity index (χ1) is 10.2. The van der Waals surface area contributed by atoms with Gasteiger partial charge in [0.2, 0.25) is 0 Å². The van der Waals surface area contributed by atoms with Crippen LogP contribution in [0.4, 0.5) is 0 Å². The van der Waals surface area contributed by atoms with Crippen molar-refractivity contribution < 1.29 is 9.90 Å². The summed E-state index contributed by atoms with van der Waals surface area (Å²) in [5.74, 6) is 0.774. The fourth-order valence-electron chi connectivity index (χ4n) is 6.60. The number of hydrogen-bond acceptors (Lipinski definition) is 2. The molecular formula is C20H32O2. The van der Waals surface area contributed by atoms with E-state index >= 15 is 0 Å². The van der Waals surface area contributed by atoms with Crippen molar-refractivity contribution in [1.29, 1.82) is 0 Å². The van der Waals surface area contributed by atoms with Crippen LogP contribution in [0.5, 0.6) is 0 Å². The van der Waals surface area contributed by atoms with E-state index in [0.29, 0.717) is 11.8 Å². The number of aldehydes is 1. The molecule has 0 bridgehead atoms. The quantitative estimate of drug-likeness (QED) is 0.602. The van der Waals surface area contributed by atoms with Gasteiger partial charge in [-0.25, -0.2) is 0 Å². The molecule has 0 aromatic carbocycles. The lowest BCUT2D eigenvalue weighted by molar-refractivity contribution is -0.203. The summed E-state index contributed by atoms with van der Waals surface area (Å²) in [5.41, 5.74) is -0.568. The smallest absolute Gasteiger partial charge is 0.126 e. The molecule has 0 saturated heterocycles. The van der Waals surface area contributed by atoms with Crippen molar-refractivity contribution in [3.05, 3.63) is 12.7 Å². The van der Waals surface area contributed by atoms with Crippen molar-refractivity contribution in [2.24, 2.45) is 28.1 Å². The first-order valence-corrected chi connectivity index (χ1v) is 9.04. The van der Waals surface area contributed by atoms with Crippen LogP contribution in [0, 0.1) is 28.1 Å². The van der Waals surface area contributed by atoms with Crippen molar-refractivity contribution >= 4 is 6.29 Å². The summed E-state index contributed by atoms with van der Waals surface area (Å²) in [6.07, 6.45) is 11.4. The van der Waals surface area contributed by atoms with E-state index in [0.717, 1.165) is 44.9 Å². The molecule has 3 aliphatic carbocycles. The maximum atomic E-state index is 11.8. The summed E-state index contributed by atoms with van der Waals surface area (Å²) in [7, 11) is 0. The maximum absolute atomic E-state index is 11.8. The third-order valence-electron chi connectivity index (χ3n) is 7.81. The molecule has 0 spiro atoms. The predicted octanol–water partition coefficient (Wildman–Crippen LogP) is 4.52. The summed E-state index contributed by atoms with van der Waals surface area (Å²) in [5, 5.41) is 11.5. The number of allylic oxidation sites excluding steroid dienone is 1.